The second-order valence-corrected chi connectivity index (χ2v) is 9.25. The third-order valence-corrected chi connectivity index (χ3v) is 7.26. The van der Waals surface area contributed by atoms with Gasteiger partial charge in [0.05, 0.1) is 6.10 Å². The van der Waals surface area contributed by atoms with Gasteiger partial charge in [0, 0.05) is 17.9 Å². The second-order valence-electron chi connectivity index (χ2n) is 9.25. The van der Waals surface area contributed by atoms with Crippen LogP contribution >= 0.6 is 0 Å². The van der Waals surface area contributed by atoms with E-state index in [-0.39, 0.29) is 18.3 Å². The van der Waals surface area contributed by atoms with Gasteiger partial charge in [-0.3, -0.25) is 0 Å². The van der Waals surface area contributed by atoms with E-state index >= 15 is 0 Å². The highest BCUT2D eigenvalue weighted by molar-refractivity contribution is 5.79. The van der Waals surface area contributed by atoms with E-state index < -0.39 is 17.6 Å². The number of benzene rings is 3. The Kier molecular flexibility index (Phi) is 5.90. The monoisotopic (exact) mass is 445 g/mol. The molecule has 3 aromatic carbocycles. The number of hydrogen-bond acceptors (Lipinski definition) is 3. The predicted molar refractivity (Wildman–Crippen MR) is 125 cm³/mol. The van der Waals surface area contributed by atoms with Crippen LogP contribution in [-0.4, -0.2) is 30.5 Å². The smallest absolute Gasteiger partial charge is 0.407 e. The Balaban J connectivity index is 1.24. The van der Waals surface area contributed by atoms with Crippen LogP contribution in [0.2, 0.25) is 0 Å². The van der Waals surface area contributed by atoms with Gasteiger partial charge >= 0.3 is 6.09 Å². The SMILES string of the molecule is O=C(NCC1(Cc2ccc(F)cc2)CCCC1O)OCC1c2ccccc2-c2ccccc21. The first-order valence-corrected chi connectivity index (χ1v) is 11.6. The van der Waals surface area contributed by atoms with Crippen LogP contribution < -0.4 is 5.32 Å². The summed E-state index contributed by atoms with van der Waals surface area (Å²) in [7, 11) is 0. The van der Waals surface area contributed by atoms with Crippen LogP contribution in [0.25, 0.3) is 11.1 Å². The van der Waals surface area contributed by atoms with Gasteiger partial charge in [-0.1, -0.05) is 67.1 Å². The summed E-state index contributed by atoms with van der Waals surface area (Å²) in [5, 5.41) is 13.6. The molecule has 2 aliphatic rings. The average molecular weight is 446 g/mol. The van der Waals surface area contributed by atoms with E-state index in [9.17, 15) is 14.3 Å². The molecule has 2 unspecified atom stereocenters. The molecule has 2 atom stereocenters. The maximum Gasteiger partial charge on any atom is 0.407 e. The lowest BCUT2D eigenvalue weighted by molar-refractivity contribution is 0.0502. The van der Waals surface area contributed by atoms with Gasteiger partial charge in [-0.05, 0) is 59.2 Å². The molecule has 1 saturated carbocycles. The van der Waals surface area contributed by atoms with Crippen molar-refractivity contribution in [3.05, 3.63) is 95.3 Å². The van der Waals surface area contributed by atoms with Crippen LogP contribution in [0.1, 0.15) is 41.9 Å². The average Bonchev–Trinajstić information content (AvgIpc) is 3.36. The molecule has 1 fully saturated rings. The molecule has 0 spiro atoms. The van der Waals surface area contributed by atoms with E-state index in [1.54, 1.807) is 12.1 Å². The quantitative estimate of drug-likeness (QED) is 0.531. The van der Waals surface area contributed by atoms with E-state index in [4.69, 9.17) is 4.74 Å². The summed E-state index contributed by atoms with van der Waals surface area (Å²) < 4.78 is 19.0. The molecule has 5 rings (SSSR count). The number of halogens is 1. The first kappa shape index (κ1) is 21.7. The second kappa shape index (κ2) is 8.99. The van der Waals surface area contributed by atoms with Crippen molar-refractivity contribution >= 4 is 6.09 Å². The Labute approximate surface area is 193 Å². The molecule has 0 aromatic heterocycles. The molecule has 2 aliphatic carbocycles. The maximum atomic E-state index is 13.3. The zero-order valence-electron chi connectivity index (χ0n) is 18.5. The molecule has 5 heteroatoms. The fourth-order valence-corrected chi connectivity index (χ4v) is 5.50. The lowest BCUT2D eigenvalue weighted by Gasteiger charge is -2.33. The topological polar surface area (TPSA) is 58.6 Å². The molecule has 2 N–H and O–H groups in total. The number of carbonyl (C=O) groups is 1. The zero-order valence-corrected chi connectivity index (χ0v) is 18.5. The number of fused-ring (bicyclic) bond motifs is 3. The fraction of sp³-hybridized carbons (Fsp3) is 0.321. The Hall–Kier alpha value is -3.18. The lowest BCUT2D eigenvalue weighted by atomic mass is 9.78. The van der Waals surface area contributed by atoms with E-state index in [1.807, 2.05) is 24.3 Å². The standard InChI is InChI=1S/C28H28FNO3/c29-20-13-11-19(12-14-20)16-28(15-5-10-26(28)31)18-30-27(32)33-17-25-23-8-3-1-6-21(23)22-7-2-4-9-24(22)25/h1-4,6-9,11-14,25-26,31H,5,10,15-18H2,(H,30,32). The van der Waals surface area contributed by atoms with Gasteiger partial charge in [0.1, 0.15) is 12.4 Å². The van der Waals surface area contributed by atoms with E-state index in [0.717, 1.165) is 18.4 Å². The van der Waals surface area contributed by atoms with Crippen molar-refractivity contribution in [2.75, 3.05) is 13.2 Å². The number of carbonyl (C=O) groups excluding carboxylic acids is 1. The summed E-state index contributed by atoms with van der Waals surface area (Å²) in [6, 6.07) is 22.8. The Bertz CT molecular complexity index is 1100. The summed E-state index contributed by atoms with van der Waals surface area (Å²) in [6.45, 7) is 0.579. The van der Waals surface area contributed by atoms with Crippen LogP contribution in [0, 0.1) is 11.2 Å². The van der Waals surface area contributed by atoms with Crippen molar-refractivity contribution in [3.8, 4) is 11.1 Å². The highest BCUT2D eigenvalue weighted by Gasteiger charge is 2.42. The third kappa shape index (κ3) is 4.25. The van der Waals surface area contributed by atoms with Crippen molar-refractivity contribution in [1.29, 1.82) is 0 Å². The molecule has 0 bridgehead atoms. The van der Waals surface area contributed by atoms with E-state index in [2.05, 4.69) is 29.6 Å². The van der Waals surface area contributed by atoms with E-state index in [1.165, 1.54) is 34.4 Å². The van der Waals surface area contributed by atoms with Crippen molar-refractivity contribution in [3.63, 3.8) is 0 Å². The number of aliphatic hydroxyl groups excluding tert-OH is 1. The van der Waals surface area contributed by atoms with Crippen LogP contribution in [0.5, 0.6) is 0 Å². The van der Waals surface area contributed by atoms with Gasteiger partial charge < -0.3 is 15.2 Å². The molecule has 1 amide bonds. The summed E-state index contributed by atoms with van der Waals surface area (Å²) >= 11 is 0. The number of hydrogen-bond donors (Lipinski definition) is 2. The summed E-state index contributed by atoms with van der Waals surface area (Å²) in [5.74, 6) is -0.273. The van der Waals surface area contributed by atoms with Gasteiger partial charge in [0.15, 0.2) is 0 Å². The van der Waals surface area contributed by atoms with Crippen LogP contribution in [0.4, 0.5) is 9.18 Å². The predicted octanol–water partition coefficient (Wildman–Crippen LogP) is 5.44. The molecule has 0 aliphatic heterocycles. The van der Waals surface area contributed by atoms with Gasteiger partial charge in [0.25, 0.3) is 0 Å². The summed E-state index contributed by atoms with van der Waals surface area (Å²) in [6.07, 6.45) is 1.99. The number of rotatable bonds is 6. The molecule has 4 nitrogen and oxygen atoms in total. The van der Waals surface area contributed by atoms with Gasteiger partial charge in [-0.2, -0.15) is 0 Å². The Morgan fingerprint density at radius 1 is 1.00 bits per heavy atom. The number of amides is 1. The Morgan fingerprint density at radius 2 is 1.64 bits per heavy atom. The normalized spacial score (nSPS) is 21.5. The fourth-order valence-electron chi connectivity index (χ4n) is 5.50. The number of alkyl carbamates (subject to hydrolysis) is 1. The first-order valence-electron chi connectivity index (χ1n) is 11.6. The lowest BCUT2D eigenvalue weighted by Crippen LogP contribution is -2.44. The highest BCUT2D eigenvalue weighted by atomic mass is 19.1. The number of aliphatic hydroxyl groups is 1. The number of nitrogens with one attached hydrogen (secondary N) is 1. The molecule has 33 heavy (non-hydrogen) atoms. The van der Waals surface area contributed by atoms with Gasteiger partial charge in [-0.25, -0.2) is 9.18 Å². The largest absolute Gasteiger partial charge is 0.449 e. The minimum absolute atomic E-state index is 0.00777. The van der Waals surface area contributed by atoms with Gasteiger partial charge in [0.2, 0.25) is 0 Å². The molecule has 0 heterocycles. The summed E-state index contributed by atoms with van der Waals surface area (Å²) in [4.78, 5) is 12.7. The molecular formula is C28H28FNO3. The van der Waals surface area contributed by atoms with Crippen molar-refractivity contribution < 1.29 is 19.0 Å². The van der Waals surface area contributed by atoms with Gasteiger partial charge in [-0.15, -0.1) is 0 Å². The van der Waals surface area contributed by atoms with E-state index in [0.29, 0.717) is 19.4 Å². The molecule has 0 saturated heterocycles. The van der Waals surface area contributed by atoms with Crippen LogP contribution in [0.3, 0.4) is 0 Å². The first-order chi connectivity index (χ1) is 16.1. The van der Waals surface area contributed by atoms with Crippen molar-refractivity contribution in [2.24, 2.45) is 5.41 Å². The molecule has 3 aromatic rings. The van der Waals surface area contributed by atoms with Crippen LogP contribution in [0.15, 0.2) is 72.8 Å². The minimum Gasteiger partial charge on any atom is -0.449 e. The van der Waals surface area contributed by atoms with Crippen molar-refractivity contribution in [2.45, 2.75) is 37.7 Å². The molecule has 0 radical (unpaired) electrons. The highest BCUT2D eigenvalue weighted by Crippen LogP contribution is 2.44. The maximum absolute atomic E-state index is 13.3. The molecule has 170 valence electrons. The summed E-state index contributed by atoms with van der Waals surface area (Å²) in [5.41, 5.74) is 5.20. The minimum atomic E-state index is -0.517. The molecular weight excluding hydrogens is 417 g/mol. The zero-order chi connectivity index (χ0) is 22.8. The van der Waals surface area contributed by atoms with Crippen molar-refractivity contribution in [1.82, 2.24) is 5.32 Å². The Morgan fingerprint density at radius 3 is 2.24 bits per heavy atom. The third-order valence-electron chi connectivity index (χ3n) is 7.26. The van der Waals surface area contributed by atoms with Crippen LogP contribution in [-0.2, 0) is 11.2 Å². The number of ether oxygens (including phenoxy) is 1.